The van der Waals surface area contributed by atoms with Crippen molar-refractivity contribution in [3.05, 3.63) is 95.8 Å². The lowest BCUT2D eigenvalue weighted by Crippen LogP contribution is -2.36. The summed E-state index contributed by atoms with van der Waals surface area (Å²) < 4.78 is 1.94. The van der Waals surface area contributed by atoms with E-state index in [1.54, 1.807) is 13.2 Å². The Morgan fingerprint density at radius 2 is 1.67 bits per heavy atom. The van der Waals surface area contributed by atoms with Crippen LogP contribution in [0.5, 0.6) is 0 Å². The Labute approximate surface area is 177 Å². The van der Waals surface area contributed by atoms with Crippen LogP contribution in [-0.2, 0) is 19.6 Å². The molecule has 1 aromatic heterocycles. The molecular formula is C24H28N6. The van der Waals surface area contributed by atoms with Crippen LogP contribution < -0.4 is 15.5 Å². The van der Waals surface area contributed by atoms with Gasteiger partial charge in [0.2, 0.25) is 0 Å². The molecule has 0 saturated carbocycles. The van der Waals surface area contributed by atoms with Gasteiger partial charge in [0.15, 0.2) is 5.96 Å². The van der Waals surface area contributed by atoms with Gasteiger partial charge in [0, 0.05) is 51.3 Å². The first-order valence-electron chi connectivity index (χ1n) is 10.3. The van der Waals surface area contributed by atoms with E-state index in [9.17, 15) is 0 Å². The van der Waals surface area contributed by atoms with Crippen LogP contribution in [0.1, 0.15) is 16.7 Å². The molecule has 0 aliphatic carbocycles. The molecule has 0 amide bonds. The summed E-state index contributed by atoms with van der Waals surface area (Å²) in [5.74, 6) is 0.789. The molecule has 0 bridgehead atoms. The van der Waals surface area contributed by atoms with Gasteiger partial charge in [-0.2, -0.15) is 5.10 Å². The number of hydrogen-bond acceptors (Lipinski definition) is 3. The molecule has 6 heteroatoms. The number of nitrogens with one attached hydrogen (secondary N) is 2. The van der Waals surface area contributed by atoms with Crippen LogP contribution in [0.4, 0.5) is 5.69 Å². The van der Waals surface area contributed by atoms with E-state index in [4.69, 9.17) is 0 Å². The zero-order valence-electron chi connectivity index (χ0n) is 17.3. The van der Waals surface area contributed by atoms with Crippen LogP contribution in [0, 0.1) is 0 Å². The second kappa shape index (κ2) is 9.78. The third-order valence-electron chi connectivity index (χ3n) is 5.26. The summed E-state index contributed by atoms with van der Waals surface area (Å²) in [5.41, 5.74) is 4.98. The fraction of sp³-hybridized carbons (Fsp3) is 0.250. The largest absolute Gasteiger partial charge is 0.364 e. The van der Waals surface area contributed by atoms with Crippen molar-refractivity contribution >= 4 is 11.6 Å². The second-order valence-corrected chi connectivity index (χ2v) is 7.29. The summed E-state index contributed by atoms with van der Waals surface area (Å²) in [7, 11) is 1.80. The maximum Gasteiger partial charge on any atom is 0.191 e. The average molecular weight is 401 g/mol. The van der Waals surface area contributed by atoms with Crippen LogP contribution in [0.3, 0.4) is 0 Å². The number of guanidine groups is 1. The summed E-state index contributed by atoms with van der Waals surface area (Å²) >= 11 is 0. The maximum absolute atomic E-state index is 4.36. The van der Waals surface area contributed by atoms with Crippen LogP contribution >= 0.6 is 0 Å². The number of hydrogen-bond donors (Lipinski definition) is 2. The predicted octanol–water partition coefficient (Wildman–Crippen LogP) is 3.17. The number of rotatable bonds is 7. The molecule has 2 aromatic carbocycles. The summed E-state index contributed by atoms with van der Waals surface area (Å²) in [6.07, 6.45) is 8.20. The van der Waals surface area contributed by atoms with Crippen molar-refractivity contribution < 1.29 is 0 Å². The highest BCUT2D eigenvalue weighted by Crippen LogP contribution is 2.17. The molecule has 0 saturated heterocycles. The number of nitrogens with zero attached hydrogens (tertiary/aromatic N) is 4. The van der Waals surface area contributed by atoms with Crippen molar-refractivity contribution in [3.8, 4) is 0 Å². The van der Waals surface area contributed by atoms with E-state index in [0.29, 0.717) is 6.54 Å². The fourth-order valence-corrected chi connectivity index (χ4v) is 3.55. The SMILES string of the molecule is CN=C(NCc1ccc(N2CC=CC2)cc1)NCc1ccccc1Cn1cccn1. The molecule has 1 aliphatic heterocycles. The summed E-state index contributed by atoms with van der Waals surface area (Å²) in [6, 6.07) is 19.1. The van der Waals surface area contributed by atoms with Gasteiger partial charge in [-0.15, -0.1) is 0 Å². The molecule has 0 unspecified atom stereocenters. The number of benzene rings is 2. The van der Waals surface area contributed by atoms with Crippen LogP contribution in [0.2, 0.25) is 0 Å². The van der Waals surface area contributed by atoms with E-state index in [-0.39, 0.29) is 0 Å². The van der Waals surface area contributed by atoms with E-state index in [1.165, 1.54) is 22.4 Å². The van der Waals surface area contributed by atoms with Gasteiger partial charge >= 0.3 is 0 Å². The first kappa shape index (κ1) is 19.8. The Morgan fingerprint density at radius 3 is 2.37 bits per heavy atom. The molecular weight excluding hydrogens is 372 g/mol. The fourth-order valence-electron chi connectivity index (χ4n) is 3.55. The lowest BCUT2D eigenvalue weighted by molar-refractivity contribution is 0.677. The molecule has 2 heterocycles. The molecule has 0 radical (unpaired) electrons. The third-order valence-corrected chi connectivity index (χ3v) is 5.26. The molecule has 2 N–H and O–H groups in total. The van der Waals surface area contributed by atoms with Gasteiger partial charge in [0.1, 0.15) is 0 Å². The standard InChI is InChI=1S/C24H28N6/c1-25-24(26-17-20-9-11-23(12-10-20)29-14-4-5-15-29)27-18-21-7-2-3-8-22(21)19-30-16-6-13-28-30/h2-13,16H,14-15,17-19H2,1H3,(H2,25,26,27). The van der Waals surface area contributed by atoms with Crippen molar-refractivity contribution in [2.75, 3.05) is 25.0 Å². The lowest BCUT2D eigenvalue weighted by atomic mass is 10.1. The number of aromatic nitrogens is 2. The lowest BCUT2D eigenvalue weighted by Gasteiger charge is -2.18. The van der Waals surface area contributed by atoms with E-state index in [0.717, 1.165) is 32.1 Å². The quantitative estimate of drug-likeness (QED) is 0.363. The first-order valence-corrected chi connectivity index (χ1v) is 10.3. The molecule has 30 heavy (non-hydrogen) atoms. The predicted molar refractivity (Wildman–Crippen MR) is 123 cm³/mol. The molecule has 1 aliphatic rings. The van der Waals surface area contributed by atoms with Crippen molar-refractivity contribution in [3.63, 3.8) is 0 Å². The topological polar surface area (TPSA) is 57.5 Å². The molecule has 4 rings (SSSR count). The molecule has 154 valence electrons. The third kappa shape index (κ3) is 5.08. The van der Waals surface area contributed by atoms with Gasteiger partial charge in [-0.05, 0) is 34.9 Å². The Morgan fingerprint density at radius 1 is 0.933 bits per heavy atom. The highest BCUT2D eigenvalue weighted by atomic mass is 15.3. The Bertz CT molecular complexity index is 981. The molecule has 3 aromatic rings. The Kier molecular flexibility index (Phi) is 6.44. The highest BCUT2D eigenvalue weighted by molar-refractivity contribution is 5.79. The van der Waals surface area contributed by atoms with Crippen molar-refractivity contribution in [1.29, 1.82) is 0 Å². The van der Waals surface area contributed by atoms with Gasteiger partial charge < -0.3 is 15.5 Å². The van der Waals surface area contributed by atoms with Gasteiger partial charge in [0.05, 0.1) is 6.54 Å². The van der Waals surface area contributed by atoms with Gasteiger partial charge in [-0.3, -0.25) is 9.67 Å². The minimum atomic E-state index is 0.706. The summed E-state index contributed by atoms with van der Waals surface area (Å²) in [4.78, 5) is 6.71. The minimum Gasteiger partial charge on any atom is -0.364 e. The van der Waals surface area contributed by atoms with Crippen molar-refractivity contribution in [2.24, 2.45) is 4.99 Å². The molecule has 0 fully saturated rings. The normalized spacial score (nSPS) is 13.6. The molecule has 0 spiro atoms. The van der Waals surface area contributed by atoms with E-state index < -0.39 is 0 Å². The van der Waals surface area contributed by atoms with Gasteiger partial charge in [-0.25, -0.2) is 0 Å². The smallest absolute Gasteiger partial charge is 0.191 e. The van der Waals surface area contributed by atoms with Crippen molar-refractivity contribution in [1.82, 2.24) is 20.4 Å². The van der Waals surface area contributed by atoms with Gasteiger partial charge in [-0.1, -0.05) is 48.6 Å². The van der Waals surface area contributed by atoms with Gasteiger partial charge in [0.25, 0.3) is 0 Å². The van der Waals surface area contributed by atoms with E-state index >= 15 is 0 Å². The Balaban J connectivity index is 1.30. The van der Waals surface area contributed by atoms with Crippen LogP contribution in [0.25, 0.3) is 0 Å². The number of aliphatic imine (C=N–C) groups is 1. The summed E-state index contributed by atoms with van der Waals surface area (Å²) in [5, 5.41) is 11.1. The Hall–Kier alpha value is -3.54. The van der Waals surface area contributed by atoms with Crippen LogP contribution in [0.15, 0.2) is 84.1 Å². The van der Waals surface area contributed by atoms with Crippen molar-refractivity contribution in [2.45, 2.75) is 19.6 Å². The van der Waals surface area contributed by atoms with E-state index in [2.05, 4.69) is 86.3 Å². The first-order chi connectivity index (χ1) is 14.8. The zero-order valence-corrected chi connectivity index (χ0v) is 17.3. The average Bonchev–Trinajstić information content (AvgIpc) is 3.50. The zero-order chi connectivity index (χ0) is 20.6. The monoisotopic (exact) mass is 400 g/mol. The van der Waals surface area contributed by atoms with Crippen LogP contribution in [-0.4, -0.2) is 35.9 Å². The highest BCUT2D eigenvalue weighted by Gasteiger charge is 2.08. The molecule has 6 nitrogen and oxygen atoms in total. The summed E-state index contributed by atoms with van der Waals surface area (Å²) in [6.45, 7) is 4.19. The second-order valence-electron chi connectivity index (χ2n) is 7.29. The minimum absolute atomic E-state index is 0.706. The van der Waals surface area contributed by atoms with E-state index in [1.807, 2.05) is 16.9 Å². The molecule has 0 atom stereocenters. The number of anilines is 1. The maximum atomic E-state index is 4.36.